The molecule has 0 bridgehead atoms. The van der Waals surface area contributed by atoms with Crippen molar-refractivity contribution >= 4 is 0 Å². The summed E-state index contributed by atoms with van der Waals surface area (Å²) in [6.45, 7) is 9.21. The molecule has 0 N–H and O–H groups in total. The van der Waals surface area contributed by atoms with Gasteiger partial charge in [-0.2, -0.15) is 0 Å². The van der Waals surface area contributed by atoms with Crippen LogP contribution in [0.2, 0.25) is 0 Å². The third-order valence-corrected chi connectivity index (χ3v) is 3.76. The number of nitrogens with zero attached hydrogens (tertiary/aromatic N) is 1. The second-order valence-corrected chi connectivity index (χ2v) is 5.82. The maximum atomic E-state index is 2.59. The van der Waals surface area contributed by atoms with Gasteiger partial charge in [-0.3, -0.25) is 4.90 Å². The van der Waals surface area contributed by atoms with E-state index in [2.05, 4.69) is 56.0 Å². The highest BCUT2D eigenvalue weighted by Gasteiger charge is 2.09. The molecule has 1 heteroatoms. The van der Waals surface area contributed by atoms with Gasteiger partial charge in [0.1, 0.15) is 0 Å². The Morgan fingerprint density at radius 3 is 2.16 bits per heavy atom. The third kappa shape index (κ3) is 7.37. The molecule has 0 spiro atoms. The van der Waals surface area contributed by atoms with E-state index in [1.54, 1.807) is 0 Å². The van der Waals surface area contributed by atoms with Crippen LogP contribution in [0.3, 0.4) is 0 Å². The number of hydrogen-bond acceptors (Lipinski definition) is 1. The van der Waals surface area contributed by atoms with Gasteiger partial charge in [0.25, 0.3) is 0 Å². The van der Waals surface area contributed by atoms with E-state index in [1.807, 2.05) is 0 Å². The number of benzene rings is 1. The predicted octanol–water partition coefficient (Wildman–Crippen LogP) is 5.26. The molecule has 108 valence electrons. The van der Waals surface area contributed by atoms with E-state index in [4.69, 9.17) is 0 Å². The van der Waals surface area contributed by atoms with Crippen LogP contribution in [0.1, 0.15) is 64.9 Å². The topological polar surface area (TPSA) is 3.24 Å². The fourth-order valence-corrected chi connectivity index (χ4v) is 2.43. The second kappa shape index (κ2) is 10.0. The molecule has 1 rings (SSSR count). The van der Waals surface area contributed by atoms with Gasteiger partial charge >= 0.3 is 0 Å². The Bertz CT molecular complexity index is 305. The van der Waals surface area contributed by atoms with Crippen LogP contribution in [0.15, 0.2) is 30.3 Å². The highest BCUT2D eigenvalue weighted by molar-refractivity contribution is 5.14. The SMILES string of the molecule is CCCCCCCCN(Cc1ccccc1)C(C)C. The lowest BCUT2D eigenvalue weighted by Crippen LogP contribution is -2.31. The molecule has 0 aliphatic carbocycles. The molecule has 1 aromatic carbocycles. The predicted molar refractivity (Wildman–Crippen MR) is 85.4 cm³/mol. The summed E-state index contributed by atoms with van der Waals surface area (Å²) in [5.74, 6) is 0. The summed E-state index contributed by atoms with van der Waals surface area (Å²) in [4.78, 5) is 2.59. The minimum atomic E-state index is 0.635. The molecule has 0 heterocycles. The first-order chi connectivity index (χ1) is 9.24. The van der Waals surface area contributed by atoms with Gasteiger partial charge in [-0.1, -0.05) is 69.4 Å². The summed E-state index contributed by atoms with van der Waals surface area (Å²) in [5, 5.41) is 0. The maximum absolute atomic E-state index is 2.59. The van der Waals surface area contributed by atoms with Gasteiger partial charge in [0.05, 0.1) is 0 Å². The van der Waals surface area contributed by atoms with Crippen LogP contribution >= 0.6 is 0 Å². The van der Waals surface area contributed by atoms with Crippen LogP contribution in [0.5, 0.6) is 0 Å². The lowest BCUT2D eigenvalue weighted by Gasteiger charge is -2.26. The van der Waals surface area contributed by atoms with Crippen LogP contribution in [0.4, 0.5) is 0 Å². The molecule has 0 fully saturated rings. The largest absolute Gasteiger partial charge is 0.297 e. The fourth-order valence-electron chi connectivity index (χ4n) is 2.43. The van der Waals surface area contributed by atoms with Crippen molar-refractivity contribution in [3.8, 4) is 0 Å². The first-order valence-corrected chi connectivity index (χ1v) is 8.02. The lowest BCUT2D eigenvalue weighted by molar-refractivity contribution is 0.208. The van der Waals surface area contributed by atoms with Crippen LogP contribution in [-0.4, -0.2) is 17.5 Å². The molecule has 0 aromatic heterocycles. The molecule has 19 heavy (non-hydrogen) atoms. The van der Waals surface area contributed by atoms with Crippen molar-refractivity contribution in [1.82, 2.24) is 4.90 Å². The Hall–Kier alpha value is -0.820. The maximum Gasteiger partial charge on any atom is 0.0236 e. The monoisotopic (exact) mass is 261 g/mol. The Balaban J connectivity index is 2.25. The average molecular weight is 261 g/mol. The Morgan fingerprint density at radius 1 is 0.895 bits per heavy atom. The summed E-state index contributed by atoms with van der Waals surface area (Å²) < 4.78 is 0. The van der Waals surface area contributed by atoms with E-state index < -0.39 is 0 Å². The molecule has 0 aliphatic rings. The molecule has 0 saturated heterocycles. The van der Waals surface area contributed by atoms with E-state index in [0.29, 0.717) is 6.04 Å². The molecule has 1 nitrogen and oxygen atoms in total. The van der Waals surface area contributed by atoms with Crippen molar-refractivity contribution in [1.29, 1.82) is 0 Å². The zero-order chi connectivity index (χ0) is 13.9. The van der Waals surface area contributed by atoms with Gasteiger partial charge in [-0.25, -0.2) is 0 Å². The standard InChI is InChI=1S/C18H31N/c1-4-5-6-7-8-12-15-19(17(2)3)16-18-13-10-9-11-14-18/h9-11,13-14,17H,4-8,12,15-16H2,1-3H3. The van der Waals surface area contributed by atoms with Crippen LogP contribution in [0, 0.1) is 0 Å². The Morgan fingerprint density at radius 2 is 1.53 bits per heavy atom. The van der Waals surface area contributed by atoms with Crippen molar-refractivity contribution < 1.29 is 0 Å². The minimum absolute atomic E-state index is 0.635. The highest BCUT2D eigenvalue weighted by atomic mass is 15.1. The number of hydrogen-bond donors (Lipinski definition) is 0. The first kappa shape index (κ1) is 16.2. The molecule has 0 radical (unpaired) electrons. The van der Waals surface area contributed by atoms with E-state index in [0.717, 1.165) is 6.54 Å². The lowest BCUT2D eigenvalue weighted by atomic mass is 10.1. The quantitative estimate of drug-likeness (QED) is 0.519. The zero-order valence-electron chi connectivity index (χ0n) is 13.1. The van der Waals surface area contributed by atoms with Crippen molar-refractivity contribution in [2.45, 2.75) is 71.9 Å². The van der Waals surface area contributed by atoms with Gasteiger partial charge in [0.15, 0.2) is 0 Å². The molecule has 0 atom stereocenters. The number of rotatable bonds is 10. The van der Waals surface area contributed by atoms with E-state index in [1.165, 1.54) is 50.6 Å². The van der Waals surface area contributed by atoms with Crippen molar-refractivity contribution in [2.75, 3.05) is 6.54 Å². The molecular weight excluding hydrogens is 230 g/mol. The third-order valence-electron chi connectivity index (χ3n) is 3.76. The first-order valence-electron chi connectivity index (χ1n) is 8.02. The Kier molecular flexibility index (Phi) is 8.57. The molecule has 1 aromatic rings. The highest BCUT2D eigenvalue weighted by Crippen LogP contribution is 2.11. The zero-order valence-corrected chi connectivity index (χ0v) is 13.1. The summed E-state index contributed by atoms with van der Waals surface area (Å²) in [6, 6.07) is 11.5. The van der Waals surface area contributed by atoms with Gasteiger partial charge < -0.3 is 0 Å². The summed E-state index contributed by atoms with van der Waals surface area (Å²) in [5.41, 5.74) is 1.43. The van der Waals surface area contributed by atoms with Gasteiger partial charge in [0.2, 0.25) is 0 Å². The minimum Gasteiger partial charge on any atom is -0.297 e. The molecular formula is C18H31N. The number of unbranched alkanes of at least 4 members (excludes halogenated alkanes) is 5. The average Bonchev–Trinajstić information content (AvgIpc) is 2.42. The van der Waals surface area contributed by atoms with Crippen LogP contribution < -0.4 is 0 Å². The van der Waals surface area contributed by atoms with Crippen molar-refractivity contribution in [3.05, 3.63) is 35.9 Å². The van der Waals surface area contributed by atoms with Gasteiger partial charge in [0, 0.05) is 12.6 Å². The van der Waals surface area contributed by atoms with Crippen molar-refractivity contribution in [2.24, 2.45) is 0 Å². The van der Waals surface area contributed by atoms with Crippen LogP contribution in [0.25, 0.3) is 0 Å². The molecule has 0 unspecified atom stereocenters. The molecule has 0 saturated carbocycles. The van der Waals surface area contributed by atoms with E-state index >= 15 is 0 Å². The summed E-state index contributed by atoms with van der Waals surface area (Å²) >= 11 is 0. The van der Waals surface area contributed by atoms with Gasteiger partial charge in [-0.05, 0) is 32.4 Å². The van der Waals surface area contributed by atoms with Gasteiger partial charge in [-0.15, -0.1) is 0 Å². The molecule has 0 amide bonds. The van der Waals surface area contributed by atoms with Crippen molar-refractivity contribution in [3.63, 3.8) is 0 Å². The normalized spacial score (nSPS) is 11.4. The summed E-state index contributed by atoms with van der Waals surface area (Å²) in [6.07, 6.45) is 8.29. The van der Waals surface area contributed by atoms with Crippen LogP contribution in [-0.2, 0) is 6.54 Å². The smallest absolute Gasteiger partial charge is 0.0236 e. The van der Waals surface area contributed by atoms with E-state index in [9.17, 15) is 0 Å². The Labute approximate surface area is 120 Å². The molecule has 0 aliphatic heterocycles. The van der Waals surface area contributed by atoms with E-state index in [-0.39, 0.29) is 0 Å². The fraction of sp³-hybridized carbons (Fsp3) is 0.667. The second-order valence-electron chi connectivity index (χ2n) is 5.82. The summed E-state index contributed by atoms with van der Waals surface area (Å²) in [7, 11) is 0.